The van der Waals surface area contributed by atoms with E-state index < -0.39 is 0 Å². The predicted molar refractivity (Wildman–Crippen MR) is 117 cm³/mol. The molecule has 1 aliphatic heterocycles. The number of nitrogens with zero attached hydrogens (tertiary/aromatic N) is 3. The molecule has 0 radical (unpaired) electrons. The molecular formula is C25H27N3O2. The molecule has 3 aromatic rings. The van der Waals surface area contributed by atoms with Crippen LogP contribution in [0.15, 0.2) is 73.1 Å². The summed E-state index contributed by atoms with van der Waals surface area (Å²) in [7, 11) is 0. The van der Waals surface area contributed by atoms with Crippen LogP contribution < -0.4 is 4.74 Å². The molecule has 0 atom stereocenters. The van der Waals surface area contributed by atoms with Crippen LogP contribution in [0.1, 0.15) is 16.7 Å². The highest BCUT2D eigenvalue weighted by Crippen LogP contribution is 2.26. The molecule has 1 fully saturated rings. The van der Waals surface area contributed by atoms with E-state index in [0.29, 0.717) is 6.42 Å². The van der Waals surface area contributed by atoms with E-state index in [1.807, 2.05) is 47.4 Å². The van der Waals surface area contributed by atoms with Gasteiger partial charge in [-0.05, 0) is 30.7 Å². The molecule has 5 heteroatoms. The van der Waals surface area contributed by atoms with Gasteiger partial charge in [0.05, 0.1) is 12.6 Å². The molecule has 30 heavy (non-hydrogen) atoms. The molecule has 154 valence electrons. The third kappa shape index (κ3) is 5.24. The summed E-state index contributed by atoms with van der Waals surface area (Å²) < 4.78 is 6.03. The molecule has 2 heterocycles. The number of ether oxygens (including phenoxy) is 1. The van der Waals surface area contributed by atoms with Crippen LogP contribution in [0.4, 0.5) is 0 Å². The molecule has 0 aliphatic carbocycles. The monoisotopic (exact) mass is 401 g/mol. The van der Waals surface area contributed by atoms with Crippen LogP contribution in [-0.4, -0.2) is 46.9 Å². The molecule has 1 aliphatic rings. The lowest BCUT2D eigenvalue weighted by atomic mass is 10.1. The highest BCUT2D eigenvalue weighted by atomic mass is 16.5. The maximum atomic E-state index is 12.7. The Balaban J connectivity index is 1.32. The van der Waals surface area contributed by atoms with Gasteiger partial charge in [0.25, 0.3) is 0 Å². The quantitative estimate of drug-likeness (QED) is 0.625. The van der Waals surface area contributed by atoms with E-state index in [1.165, 1.54) is 5.56 Å². The van der Waals surface area contributed by atoms with Gasteiger partial charge in [-0.2, -0.15) is 0 Å². The van der Waals surface area contributed by atoms with Crippen molar-refractivity contribution in [1.82, 2.24) is 14.8 Å². The van der Waals surface area contributed by atoms with Crippen LogP contribution in [0, 0.1) is 6.92 Å². The van der Waals surface area contributed by atoms with Crippen molar-refractivity contribution in [2.75, 3.05) is 26.2 Å². The van der Waals surface area contributed by atoms with Gasteiger partial charge >= 0.3 is 0 Å². The Bertz CT molecular complexity index is 965. The van der Waals surface area contributed by atoms with Crippen molar-refractivity contribution in [3.8, 4) is 11.5 Å². The number of carbonyl (C=O) groups excluding carboxylic acids is 1. The maximum absolute atomic E-state index is 12.7. The van der Waals surface area contributed by atoms with E-state index in [9.17, 15) is 4.79 Å². The minimum Gasteiger partial charge on any atom is -0.455 e. The first kappa shape index (κ1) is 20.1. The maximum Gasteiger partial charge on any atom is 0.227 e. The van der Waals surface area contributed by atoms with Gasteiger partial charge in [-0.15, -0.1) is 0 Å². The van der Waals surface area contributed by atoms with E-state index >= 15 is 0 Å². The fourth-order valence-electron chi connectivity index (χ4n) is 3.66. The number of aromatic nitrogens is 1. The average molecular weight is 402 g/mol. The molecule has 4 rings (SSSR count). The van der Waals surface area contributed by atoms with Gasteiger partial charge in [-0.1, -0.05) is 48.0 Å². The Morgan fingerprint density at radius 2 is 1.73 bits per heavy atom. The molecule has 5 nitrogen and oxygen atoms in total. The minimum atomic E-state index is 0.207. The third-order valence-electron chi connectivity index (χ3n) is 5.43. The second-order valence-electron chi connectivity index (χ2n) is 7.72. The zero-order valence-electron chi connectivity index (χ0n) is 17.3. The van der Waals surface area contributed by atoms with E-state index in [2.05, 4.69) is 35.0 Å². The SMILES string of the molecule is Cc1ccc(CC(=O)N2CCN(Cc3ccccc3Oc3cccnc3)CC2)cc1. The molecule has 0 saturated carbocycles. The van der Waals surface area contributed by atoms with Gasteiger partial charge < -0.3 is 9.64 Å². The topological polar surface area (TPSA) is 45.7 Å². The highest BCUT2D eigenvalue weighted by Gasteiger charge is 2.22. The minimum absolute atomic E-state index is 0.207. The Labute approximate surface area is 177 Å². The summed E-state index contributed by atoms with van der Waals surface area (Å²) in [5, 5.41) is 0. The number of hydrogen-bond acceptors (Lipinski definition) is 4. The molecule has 0 bridgehead atoms. The van der Waals surface area contributed by atoms with Crippen LogP contribution in [0.3, 0.4) is 0 Å². The van der Waals surface area contributed by atoms with Crippen LogP contribution in [0.5, 0.6) is 11.5 Å². The van der Waals surface area contributed by atoms with Gasteiger partial charge in [-0.25, -0.2) is 0 Å². The Morgan fingerprint density at radius 3 is 2.47 bits per heavy atom. The summed E-state index contributed by atoms with van der Waals surface area (Å²) in [5.74, 6) is 1.79. The van der Waals surface area contributed by atoms with Gasteiger partial charge in [0.15, 0.2) is 0 Å². The van der Waals surface area contributed by atoms with Crippen molar-refractivity contribution in [2.24, 2.45) is 0 Å². The van der Waals surface area contributed by atoms with Crippen molar-refractivity contribution in [3.63, 3.8) is 0 Å². The Kier molecular flexibility index (Phi) is 6.40. The fourth-order valence-corrected chi connectivity index (χ4v) is 3.66. The second-order valence-corrected chi connectivity index (χ2v) is 7.72. The summed E-state index contributed by atoms with van der Waals surface area (Å²) in [6, 6.07) is 20.1. The number of amides is 1. The first-order valence-electron chi connectivity index (χ1n) is 10.4. The summed E-state index contributed by atoms with van der Waals surface area (Å²) in [5.41, 5.74) is 3.43. The smallest absolute Gasteiger partial charge is 0.227 e. The zero-order chi connectivity index (χ0) is 20.8. The van der Waals surface area contributed by atoms with Gasteiger partial charge in [0.1, 0.15) is 11.5 Å². The molecular weight excluding hydrogens is 374 g/mol. The zero-order valence-corrected chi connectivity index (χ0v) is 17.3. The van der Waals surface area contributed by atoms with Gasteiger partial charge in [-0.3, -0.25) is 14.7 Å². The predicted octanol–water partition coefficient (Wildman–Crippen LogP) is 4.07. The number of hydrogen-bond donors (Lipinski definition) is 0. The standard InChI is InChI=1S/C25H27N3O2/c1-20-8-10-21(11-9-20)17-25(29)28-15-13-27(14-16-28)19-22-5-2-3-7-24(22)30-23-6-4-12-26-18-23/h2-12,18H,13-17,19H2,1H3. The number of rotatable bonds is 6. The number of pyridine rings is 1. The molecule has 0 spiro atoms. The van der Waals surface area contributed by atoms with Crippen LogP contribution in [-0.2, 0) is 17.8 Å². The van der Waals surface area contributed by atoms with E-state index in [4.69, 9.17) is 4.74 Å². The van der Waals surface area contributed by atoms with Gasteiger partial charge in [0, 0.05) is 44.5 Å². The van der Waals surface area contributed by atoms with E-state index in [-0.39, 0.29) is 5.91 Å². The summed E-state index contributed by atoms with van der Waals surface area (Å²) in [6.45, 7) is 6.11. The lowest BCUT2D eigenvalue weighted by molar-refractivity contribution is -0.132. The van der Waals surface area contributed by atoms with Crippen LogP contribution >= 0.6 is 0 Å². The highest BCUT2D eigenvalue weighted by molar-refractivity contribution is 5.78. The Hall–Kier alpha value is -3.18. The van der Waals surface area contributed by atoms with Crippen molar-refractivity contribution in [1.29, 1.82) is 0 Å². The molecule has 0 N–H and O–H groups in total. The molecule has 2 aromatic carbocycles. The summed E-state index contributed by atoms with van der Waals surface area (Å²) >= 11 is 0. The average Bonchev–Trinajstić information content (AvgIpc) is 2.78. The van der Waals surface area contributed by atoms with Gasteiger partial charge in [0.2, 0.25) is 5.91 Å². The lowest BCUT2D eigenvalue weighted by Gasteiger charge is -2.35. The molecule has 1 aromatic heterocycles. The number of piperazine rings is 1. The largest absolute Gasteiger partial charge is 0.455 e. The third-order valence-corrected chi connectivity index (χ3v) is 5.43. The molecule has 1 amide bonds. The number of aryl methyl sites for hydroxylation is 1. The van der Waals surface area contributed by atoms with E-state index in [0.717, 1.165) is 55.3 Å². The fraction of sp³-hybridized carbons (Fsp3) is 0.280. The lowest BCUT2D eigenvalue weighted by Crippen LogP contribution is -2.48. The summed E-state index contributed by atoms with van der Waals surface area (Å²) in [6.07, 6.45) is 3.93. The van der Waals surface area contributed by atoms with Crippen LogP contribution in [0.25, 0.3) is 0 Å². The first-order valence-corrected chi connectivity index (χ1v) is 10.4. The number of para-hydroxylation sites is 1. The number of carbonyl (C=O) groups is 1. The van der Waals surface area contributed by atoms with Crippen LogP contribution in [0.2, 0.25) is 0 Å². The Morgan fingerprint density at radius 1 is 0.967 bits per heavy atom. The second kappa shape index (κ2) is 9.55. The summed E-state index contributed by atoms with van der Waals surface area (Å²) in [4.78, 5) is 21.1. The molecule has 1 saturated heterocycles. The molecule has 0 unspecified atom stereocenters. The first-order chi connectivity index (χ1) is 14.7. The van der Waals surface area contributed by atoms with Crippen molar-refractivity contribution < 1.29 is 9.53 Å². The normalized spacial score (nSPS) is 14.5. The van der Waals surface area contributed by atoms with Crippen molar-refractivity contribution in [3.05, 3.63) is 89.7 Å². The van der Waals surface area contributed by atoms with Crippen molar-refractivity contribution in [2.45, 2.75) is 19.9 Å². The van der Waals surface area contributed by atoms with Crippen molar-refractivity contribution >= 4 is 5.91 Å². The van der Waals surface area contributed by atoms with E-state index in [1.54, 1.807) is 12.4 Å². The number of benzene rings is 2.